The van der Waals surface area contributed by atoms with Gasteiger partial charge in [0, 0.05) is 24.5 Å². The monoisotopic (exact) mass is 257 g/mol. The molecule has 1 aromatic heterocycles. The Kier molecular flexibility index (Phi) is 4.57. The molecule has 0 radical (unpaired) electrons. The van der Waals surface area contributed by atoms with Gasteiger partial charge in [-0.15, -0.1) is 11.6 Å². The molecular formula is C12H20ClN3O. The molecule has 1 aromatic rings. The molecular weight excluding hydrogens is 238 g/mol. The first-order valence-corrected chi connectivity index (χ1v) is 6.30. The third-order valence-electron chi connectivity index (χ3n) is 2.81. The third kappa shape index (κ3) is 3.46. The van der Waals surface area contributed by atoms with E-state index < -0.39 is 0 Å². The van der Waals surface area contributed by atoms with Crippen molar-refractivity contribution in [3.63, 3.8) is 0 Å². The van der Waals surface area contributed by atoms with Crippen molar-refractivity contribution >= 4 is 17.4 Å². The van der Waals surface area contributed by atoms with Crippen molar-refractivity contribution in [2.45, 2.75) is 51.6 Å². The van der Waals surface area contributed by atoms with Crippen LogP contribution in [-0.2, 0) is 6.54 Å². The van der Waals surface area contributed by atoms with Crippen LogP contribution in [0, 0.1) is 0 Å². The van der Waals surface area contributed by atoms with Gasteiger partial charge in [-0.25, -0.2) is 4.98 Å². The zero-order valence-corrected chi connectivity index (χ0v) is 11.6. The van der Waals surface area contributed by atoms with Crippen LogP contribution in [0.4, 0.5) is 5.82 Å². The van der Waals surface area contributed by atoms with Crippen LogP contribution in [0.2, 0.25) is 0 Å². The smallest absolute Gasteiger partial charge is 0.293 e. The Morgan fingerprint density at radius 2 is 2.24 bits per heavy atom. The Morgan fingerprint density at radius 3 is 2.76 bits per heavy atom. The molecule has 96 valence electrons. The van der Waals surface area contributed by atoms with Gasteiger partial charge >= 0.3 is 0 Å². The summed E-state index contributed by atoms with van der Waals surface area (Å²) in [6, 6.07) is 0. The van der Waals surface area contributed by atoms with Gasteiger partial charge < -0.3 is 9.88 Å². The molecule has 0 bridgehead atoms. The summed E-state index contributed by atoms with van der Waals surface area (Å²) in [4.78, 5) is 16.1. The molecule has 0 aromatic carbocycles. The predicted molar refractivity (Wildman–Crippen MR) is 71.8 cm³/mol. The van der Waals surface area contributed by atoms with Crippen LogP contribution in [0.5, 0.6) is 0 Å². The van der Waals surface area contributed by atoms with Crippen molar-refractivity contribution in [2.24, 2.45) is 0 Å². The van der Waals surface area contributed by atoms with Crippen LogP contribution in [0.1, 0.15) is 34.1 Å². The average molecular weight is 258 g/mol. The molecule has 0 amide bonds. The summed E-state index contributed by atoms with van der Waals surface area (Å²) in [5, 5.41) is 3.00. The van der Waals surface area contributed by atoms with Gasteiger partial charge in [0.2, 0.25) is 0 Å². The van der Waals surface area contributed by atoms with Crippen molar-refractivity contribution in [3.8, 4) is 0 Å². The number of alkyl halides is 1. The maximum Gasteiger partial charge on any atom is 0.293 e. The second-order valence-corrected chi connectivity index (χ2v) is 5.39. The largest absolute Gasteiger partial charge is 0.359 e. The normalized spacial score (nSPS) is 13.5. The van der Waals surface area contributed by atoms with Crippen molar-refractivity contribution in [1.82, 2.24) is 9.55 Å². The minimum Gasteiger partial charge on any atom is -0.359 e. The van der Waals surface area contributed by atoms with Gasteiger partial charge in [-0.05, 0) is 27.2 Å². The average Bonchev–Trinajstić information content (AvgIpc) is 2.24. The van der Waals surface area contributed by atoms with Crippen molar-refractivity contribution < 1.29 is 0 Å². The molecule has 1 unspecified atom stereocenters. The fourth-order valence-electron chi connectivity index (χ4n) is 1.35. The summed E-state index contributed by atoms with van der Waals surface area (Å²) >= 11 is 6.07. The maximum atomic E-state index is 12.1. The van der Waals surface area contributed by atoms with Gasteiger partial charge in [0.15, 0.2) is 5.82 Å². The number of nitrogens with one attached hydrogen (secondary N) is 1. The highest BCUT2D eigenvalue weighted by Gasteiger charge is 2.25. The molecule has 0 fully saturated rings. The van der Waals surface area contributed by atoms with Crippen LogP contribution in [0.3, 0.4) is 0 Å². The highest BCUT2D eigenvalue weighted by Crippen LogP contribution is 2.18. The first-order chi connectivity index (χ1) is 7.88. The second-order valence-electron chi connectivity index (χ2n) is 4.74. The summed E-state index contributed by atoms with van der Waals surface area (Å²) in [6.45, 7) is 8.52. The standard InChI is InChI=1S/C12H20ClN3O/c1-5-7-16-8-6-14-10(11(16)17)15-12(3,4)9(2)13/h6,8-9H,5,7H2,1-4H3,(H,14,15). The molecule has 0 aliphatic carbocycles. The molecule has 17 heavy (non-hydrogen) atoms. The molecule has 1 rings (SSSR count). The van der Waals surface area contributed by atoms with E-state index in [1.807, 2.05) is 27.7 Å². The lowest BCUT2D eigenvalue weighted by Gasteiger charge is -2.29. The van der Waals surface area contributed by atoms with Gasteiger partial charge in [-0.1, -0.05) is 6.92 Å². The first kappa shape index (κ1) is 14.0. The Morgan fingerprint density at radius 1 is 1.59 bits per heavy atom. The van der Waals surface area contributed by atoms with E-state index in [1.54, 1.807) is 17.0 Å². The molecule has 0 aliphatic heterocycles. The quantitative estimate of drug-likeness (QED) is 0.825. The number of halogens is 1. The lowest BCUT2D eigenvalue weighted by atomic mass is 10.0. The lowest BCUT2D eigenvalue weighted by molar-refractivity contribution is 0.548. The van der Waals surface area contributed by atoms with Gasteiger partial charge in [-0.2, -0.15) is 0 Å². The van der Waals surface area contributed by atoms with E-state index in [2.05, 4.69) is 10.3 Å². The highest BCUT2D eigenvalue weighted by atomic mass is 35.5. The zero-order valence-electron chi connectivity index (χ0n) is 10.8. The minimum atomic E-state index is -0.376. The van der Waals surface area contributed by atoms with Crippen LogP contribution in [0.15, 0.2) is 17.2 Å². The van der Waals surface area contributed by atoms with Crippen molar-refractivity contribution in [1.29, 1.82) is 0 Å². The van der Waals surface area contributed by atoms with Crippen molar-refractivity contribution in [3.05, 3.63) is 22.7 Å². The Hall–Kier alpha value is -1.03. The number of aryl methyl sites for hydroxylation is 1. The third-order valence-corrected chi connectivity index (χ3v) is 3.36. The second kappa shape index (κ2) is 5.54. The van der Waals surface area contributed by atoms with Crippen molar-refractivity contribution in [2.75, 3.05) is 5.32 Å². The minimum absolute atomic E-state index is 0.0975. The Balaban J connectivity index is 3.00. The van der Waals surface area contributed by atoms with Crippen LogP contribution >= 0.6 is 11.6 Å². The van der Waals surface area contributed by atoms with E-state index in [4.69, 9.17) is 11.6 Å². The van der Waals surface area contributed by atoms with Crippen LogP contribution in [0.25, 0.3) is 0 Å². The zero-order chi connectivity index (χ0) is 13.1. The number of hydrogen-bond donors (Lipinski definition) is 1. The van der Waals surface area contributed by atoms with Crippen LogP contribution in [-0.4, -0.2) is 20.5 Å². The van der Waals surface area contributed by atoms with E-state index in [0.717, 1.165) is 6.42 Å². The summed E-state index contributed by atoms with van der Waals surface area (Å²) in [7, 11) is 0. The van der Waals surface area contributed by atoms with Gasteiger partial charge in [-0.3, -0.25) is 4.79 Å². The van der Waals surface area contributed by atoms with Gasteiger partial charge in [0.05, 0.1) is 5.38 Å². The van der Waals surface area contributed by atoms with Crippen LogP contribution < -0.4 is 10.9 Å². The molecule has 4 nitrogen and oxygen atoms in total. The maximum absolute atomic E-state index is 12.1. The fourth-order valence-corrected chi connectivity index (χ4v) is 1.41. The SMILES string of the molecule is CCCn1ccnc(NC(C)(C)C(C)Cl)c1=O. The molecule has 1 atom stereocenters. The highest BCUT2D eigenvalue weighted by molar-refractivity contribution is 6.21. The molecule has 5 heteroatoms. The lowest BCUT2D eigenvalue weighted by Crippen LogP contribution is -2.42. The van der Waals surface area contributed by atoms with E-state index in [9.17, 15) is 4.79 Å². The van der Waals surface area contributed by atoms with Gasteiger partial charge in [0.1, 0.15) is 0 Å². The summed E-state index contributed by atoms with van der Waals surface area (Å²) in [5.41, 5.74) is -0.473. The number of aromatic nitrogens is 2. The molecule has 0 spiro atoms. The summed E-state index contributed by atoms with van der Waals surface area (Å²) < 4.78 is 1.66. The van der Waals surface area contributed by atoms with E-state index in [1.165, 1.54) is 0 Å². The predicted octanol–water partition coefficient (Wildman–Crippen LogP) is 2.47. The number of nitrogens with zero attached hydrogens (tertiary/aromatic N) is 2. The molecule has 1 N–H and O–H groups in total. The summed E-state index contributed by atoms with van der Waals surface area (Å²) in [6.07, 6.45) is 4.25. The topological polar surface area (TPSA) is 46.9 Å². The first-order valence-electron chi connectivity index (χ1n) is 5.86. The molecule has 0 aliphatic rings. The molecule has 1 heterocycles. The van der Waals surface area contributed by atoms with E-state index in [-0.39, 0.29) is 16.5 Å². The number of anilines is 1. The Bertz CT molecular complexity index is 426. The Labute approximate surface area is 107 Å². The molecule has 0 saturated carbocycles. The fraction of sp³-hybridized carbons (Fsp3) is 0.667. The summed E-state index contributed by atoms with van der Waals surface area (Å²) in [5.74, 6) is 0.360. The van der Waals surface area contributed by atoms with E-state index in [0.29, 0.717) is 12.4 Å². The number of rotatable bonds is 5. The van der Waals surface area contributed by atoms with Gasteiger partial charge in [0.25, 0.3) is 5.56 Å². The van der Waals surface area contributed by atoms with E-state index >= 15 is 0 Å². The number of hydrogen-bond acceptors (Lipinski definition) is 3. The molecule has 0 saturated heterocycles.